The van der Waals surface area contributed by atoms with Crippen LogP contribution in [0.15, 0.2) is 30.3 Å². The van der Waals surface area contributed by atoms with Crippen molar-refractivity contribution in [3.05, 3.63) is 35.9 Å². The zero-order valence-electron chi connectivity index (χ0n) is 13.3. The van der Waals surface area contributed by atoms with Crippen molar-refractivity contribution in [1.29, 1.82) is 0 Å². The molecule has 0 radical (unpaired) electrons. The molecule has 0 bridgehead atoms. The predicted octanol–water partition coefficient (Wildman–Crippen LogP) is 3.27. The van der Waals surface area contributed by atoms with Crippen molar-refractivity contribution in [2.45, 2.75) is 38.6 Å². The molecule has 0 fully saturated rings. The average Bonchev–Trinajstić information content (AvgIpc) is 2.55. The monoisotopic (exact) mass is 323 g/mol. The van der Waals surface area contributed by atoms with Crippen molar-refractivity contribution in [1.82, 2.24) is 5.32 Å². The van der Waals surface area contributed by atoms with E-state index in [-0.39, 0.29) is 11.9 Å². The zero-order chi connectivity index (χ0) is 16.2. The number of carbonyl (C=O) groups is 2. The summed E-state index contributed by atoms with van der Waals surface area (Å²) in [6.07, 6.45) is 5.54. The van der Waals surface area contributed by atoms with Crippen LogP contribution >= 0.6 is 11.8 Å². The predicted molar refractivity (Wildman–Crippen MR) is 91.2 cm³/mol. The fraction of sp³-hybridized carbons (Fsp3) is 0.529. The molecule has 0 heterocycles. The lowest BCUT2D eigenvalue weighted by Crippen LogP contribution is -2.42. The SMILES string of the molecule is CCCCCOC(=O)C(CCSC)NC(=O)c1ccccc1. The highest BCUT2D eigenvalue weighted by molar-refractivity contribution is 7.98. The van der Waals surface area contributed by atoms with Crippen molar-refractivity contribution in [2.24, 2.45) is 0 Å². The maximum atomic E-state index is 12.2. The molecule has 122 valence electrons. The quantitative estimate of drug-likeness (QED) is 0.530. The van der Waals surface area contributed by atoms with Crippen LogP contribution in [0.25, 0.3) is 0 Å². The fourth-order valence-electron chi connectivity index (χ4n) is 1.94. The third-order valence-electron chi connectivity index (χ3n) is 3.23. The number of esters is 1. The van der Waals surface area contributed by atoms with E-state index in [0.717, 1.165) is 25.0 Å². The van der Waals surface area contributed by atoms with Crippen molar-refractivity contribution < 1.29 is 14.3 Å². The standard InChI is InChI=1S/C17H25NO3S/c1-3-4-8-12-21-17(20)15(11-13-22-2)18-16(19)14-9-6-5-7-10-14/h5-7,9-10,15H,3-4,8,11-13H2,1-2H3,(H,18,19). The van der Waals surface area contributed by atoms with Crippen LogP contribution in [0.4, 0.5) is 0 Å². The number of hydrogen-bond donors (Lipinski definition) is 1. The summed E-state index contributed by atoms with van der Waals surface area (Å²) in [7, 11) is 0. The highest BCUT2D eigenvalue weighted by Crippen LogP contribution is 2.06. The van der Waals surface area contributed by atoms with E-state index in [4.69, 9.17) is 4.74 Å². The Labute approximate surface area is 137 Å². The van der Waals surface area contributed by atoms with Gasteiger partial charge in [0.05, 0.1) is 6.61 Å². The highest BCUT2D eigenvalue weighted by Gasteiger charge is 2.22. The summed E-state index contributed by atoms with van der Waals surface area (Å²) in [6.45, 7) is 2.52. The Kier molecular flexibility index (Phi) is 9.39. The van der Waals surface area contributed by atoms with Gasteiger partial charge in [0.15, 0.2) is 0 Å². The number of amides is 1. The Morgan fingerprint density at radius 1 is 1.23 bits per heavy atom. The zero-order valence-corrected chi connectivity index (χ0v) is 14.2. The maximum absolute atomic E-state index is 12.2. The van der Waals surface area contributed by atoms with Crippen LogP contribution in [-0.2, 0) is 9.53 Å². The number of thioether (sulfide) groups is 1. The molecule has 0 saturated heterocycles. The van der Waals surface area contributed by atoms with Gasteiger partial charge in [0.2, 0.25) is 0 Å². The van der Waals surface area contributed by atoms with Crippen LogP contribution in [0, 0.1) is 0 Å². The number of unbranched alkanes of at least 4 members (excludes halogenated alkanes) is 2. The van der Waals surface area contributed by atoms with Gasteiger partial charge in [0, 0.05) is 5.56 Å². The number of nitrogens with one attached hydrogen (secondary N) is 1. The molecule has 0 aliphatic rings. The second kappa shape index (κ2) is 11.1. The number of carbonyl (C=O) groups excluding carboxylic acids is 2. The molecule has 1 aromatic rings. The van der Waals surface area contributed by atoms with Gasteiger partial charge in [-0.3, -0.25) is 4.79 Å². The van der Waals surface area contributed by atoms with E-state index >= 15 is 0 Å². The van der Waals surface area contributed by atoms with Gasteiger partial charge in [0.1, 0.15) is 6.04 Å². The minimum atomic E-state index is -0.582. The third kappa shape index (κ3) is 6.98. The minimum absolute atomic E-state index is 0.239. The summed E-state index contributed by atoms with van der Waals surface area (Å²) in [4.78, 5) is 24.3. The molecule has 0 aliphatic heterocycles. The van der Waals surface area contributed by atoms with E-state index in [0.29, 0.717) is 18.6 Å². The summed E-state index contributed by atoms with van der Waals surface area (Å²) < 4.78 is 5.28. The molecule has 0 aromatic heterocycles. The van der Waals surface area contributed by atoms with E-state index in [1.165, 1.54) is 0 Å². The van der Waals surface area contributed by atoms with E-state index in [1.54, 1.807) is 36.0 Å². The molecule has 1 aromatic carbocycles. The number of hydrogen-bond acceptors (Lipinski definition) is 4. The van der Waals surface area contributed by atoms with Crippen LogP contribution in [0.2, 0.25) is 0 Å². The molecule has 5 heteroatoms. The van der Waals surface area contributed by atoms with Gasteiger partial charge in [-0.15, -0.1) is 0 Å². The summed E-state index contributed by atoms with van der Waals surface area (Å²) >= 11 is 1.64. The van der Waals surface area contributed by atoms with Crippen LogP contribution in [0.3, 0.4) is 0 Å². The normalized spacial score (nSPS) is 11.7. The molecule has 22 heavy (non-hydrogen) atoms. The largest absolute Gasteiger partial charge is 0.464 e. The Morgan fingerprint density at radius 3 is 2.59 bits per heavy atom. The van der Waals surface area contributed by atoms with Gasteiger partial charge in [-0.1, -0.05) is 38.0 Å². The Bertz CT molecular complexity index is 450. The van der Waals surface area contributed by atoms with Crippen molar-refractivity contribution in [2.75, 3.05) is 18.6 Å². The van der Waals surface area contributed by atoms with Crippen LogP contribution in [0.1, 0.15) is 43.0 Å². The Hall–Kier alpha value is -1.49. The van der Waals surface area contributed by atoms with E-state index in [2.05, 4.69) is 12.2 Å². The molecular weight excluding hydrogens is 298 g/mol. The second-order valence-electron chi connectivity index (χ2n) is 5.05. The van der Waals surface area contributed by atoms with E-state index in [1.807, 2.05) is 12.3 Å². The van der Waals surface area contributed by atoms with Gasteiger partial charge in [0.25, 0.3) is 5.91 Å². The average molecular weight is 323 g/mol. The number of benzene rings is 1. The van der Waals surface area contributed by atoms with Gasteiger partial charge in [-0.2, -0.15) is 11.8 Å². The summed E-state index contributed by atoms with van der Waals surface area (Å²) in [6, 6.07) is 8.33. The Balaban J connectivity index is 2.55. The van der Waals surface area contributed by atoms with Crippen molar-refractivity contribution >= 4 is 23.6 Å². The first-order valence-electron chi connectivity index (χ1n) is 7.70. The van der Waals surface area contributed by atoms with Crippen LogP contribution < -0.4 is 5.32 Å². The maximum Gasteiger partial charge on any atom is 0.328 e. The number of rotatable bonds is 10. The van der Waals surface area contributed by atoms with Gasteiger partial charge >= 0.3 is 5.97 Å². The number of ether oxygens (including phenoxy) is 1. The molecular formula is C17H25NO3S. The molecule has 1 amide bonds. The molecule has 4 nitrogen and oxygen atoms in total. The first-order chi connectivity index (χ1) is 10.7. The molecule has 1 unspecified atom stereocenters. The lowest BCUT2D eigenvalue weighted by molar-refractivity contribution is -0.146. The summed E-state index contributed by atoms with van der Waals surface area (Å²) in [5.74, 6) is 0.218. The first-order valence-corrected chi connectivity index (χ1v) is 9.10. The summed E-state index contributed by atoms with van der Waals surface area (Å²) in [5, 5.41) is 2.78. The van der Waals surface area contributed by atoms with Crippen LogP contribution in [-0.4, -0.2) is 36.5 Å². The van der Waals surface area contributed by atoms with E-state index < -0.39 is 6.04 Å². The van der Waals surface area contributed by atoms with Gasteiger partial charge < -0.3 is 10.1 Å². The lowest BCUT2D eigenvalue weighted by Gasteiger charge is -2.17. The molecule has 1 rings (SSSR count). The summed E-state index contributed by atoms with van der Waals surface area (Å²) in [5.41, 5.74) is 0.551. The van der Waals surface area contributed by atoms with Crippen molar-refractivity contribution in [3.8, 4) is 0 Å². The molecule has 1 N–H and O–H groups in total. The van der Waals surface area contributed by atoms with Gasteiger partial charge in [-0.05, 0) is 37.0 Å². The smallest absolute Gasteiger partial charge is 0.328 e. The van der Waals surface area contributed by atoms with Crippen LogP contribution in [0.5, 0.6) is 0 Å². The first kappa shape index (κ1) is 18.6. The molecule has 1 atom stereocenters. The lowest BCUT2D eigenvalue weighted by atomic mass is 10.1. The second-order valence-corrected chi connectivity index (χ2v) is 6.03. The van der Waals surface area contributed by atoms with Crippen molar-refractivity contribution in [3.63, 3.8) is 0 Å². The molecule has 0 spiro atoms. The highest BCUT2D eigenvalue weighted by atomic mass is 32.2. The Morgan fingerprint density at radius 2 is 1.95 bits per heavy atom. The molecule has 0 aliphatic carbocycles. The fourth-order valence-corrected chi connectivity index (χ4v) is 2.41. The third-order valence-corrected chi connectivity index (χ3v) is 3.87. The molecule has 0 saturated carbocycles. The van der Waals surface area contributed by atoms with E-state index in [9.17, 15) is 9.59 Å². The minimum Gasteiger partial charge on any atom is -0.464 e. The topological polar surface area (TPSA) is 55.4 Å². The van der Waals surface area contributed by atoms with Gasteiger partial charge in [-0.25, -0.2) is 4.79 Å².